The standard InChI is InChI=1S/C29H32N6OS/c1-29(2,3)23-15-13-22(14-16-23)27-32-33-28(35(27)25-9-7-6-8-10-25)37-20-26(36)31-30-19-21-11-17-24(18-12-21)34(4)5/h6-19H,20H2,1-5H3,(H,31,36). The third kappa shape index (κ3) is 6.65. The van der Waals surface area contributed by atoms with Crippen molar-refractivity contribution in [3.63, 3.8) is 0 Å². The van der Waals surface area contributed by atoms with Crippen LogP contribution in [0.1, 0.15) is 31.9 Å². The van der Waals surface area contributed by atoms with Crippen molar-refractivity contribution in [2.45, 2.75) is 31.3 Å². The molecule has 1 amide bonds. The number of carbonyl (C=O) groups excluding carboxylic acids is 1. The van der Waals surface area contributed by atoms with Crippen LogP contribution >= 0.6 is 11.8 Å². The van der Waals surface area contributed by atoms with E-state index in [1.165, 1.54) is 17.3 Å². The van der Waals surface area contributed by atoms with Gasteiger partial charge in [0, 0.05) is 31.0 Å². The largest absolute Gasteiger partial charge is 0.378 e. The highest BCUT2D eigenvalue weighted by Crippen LogP contribution is 2.30. The zero-order chi connectivity index (χ0) is 26.4. The van der Waals surface area contributed by atoms with Gasteiger partial charge in [-0.15, -0.1) is 10.2 Å². The molecule has 8 heteroatoms. The molecular formula is C29H32N6OS. The molecule has 7 nitrogen and oxygen atoms in total. The summed E-state index contributed by atoms with van der Waals surface area (Å²) in [5, 5.41) is 13.6. The summed E-state index contributed by atoms with van der Waals surface area (Å²) in [6.45, 7) is 6.58. The lowest BCUT2D eigenvalue weighted by Crippen LogP contribution is -2.20. The number of rotatable bonds is 8. The minimum atomic E-state index is -0.218. The van der Waals surface area contributed by atoms with Gasteiger partial charge in [0.05, 0.1) is 12.0 Å². The lowest BCUT2D eigenvalue weighted by atomic mass is 9.87. The maximum absolute atomic E-state index is 12.5. The van der Waals surface area contributed by atoms with Gasteiger partial charge >= 0.3 is 0 Å². The molecule has 0 bridgehead atoms. The molecule has 37 heavy (non-hydrogen) atoms. The van der Waals surface area contributed by atoms with Gasteiger partial charge in [0.15, 0.2) is 11.0 Å². The Hall–Kier alpha value is -3.91. The van der Waals surface area contributed by atoms with Gasteiger partial charge in [-0.05, 0) is 40.8 Å². The Morgan fingerprint density at radius 3 is 2.27 bits per heavy atom. The number of aromatic nitrogens is 3. The van der Waals surface area contributed by atoms with E-state index in [0.717, 1.165) is 28.3 Å². The fourth-order valence-corrected chi connectivity index (χ4v) is 4.42. The number of hydrogen-bond donors (Lipinski definition) is 1. The second-order valence-electron chi connectivity index (χ2n) is 9.87. The molecule has 0 spiro atoms. The average Bonchev–Trinajstić information content (AvgIpc) is 3.32. The molecule has 0 atom stereocenters. The fourth-order valence-electron chi connectivity index (χ4n) is 3.68. The van der Waals surface area contributed by atoms with Crippen LogP contribution in [0.3, 0.4) is 0 Å². The van der Waals surface area contributed by atoms with Crippen molar-refractivity contribution in [3.05, 3.63) is 90.0 Å². The maximum Gasteiger partial charge on any atom is 0.250 e. The van der Waals surface area contributed by atoms with E-state index in [0.29, 0.717) is 5.16 Å². The van der Waals surface area contributed by atoms with Crippen molar-refractivity contribution >= 4 is 29.6 Å². The Kier molecular flexibility index (Phi) is 8.08. The molecule has 1 heterocycles. The number of nitrogens with one attached hydrogen (secondary N) is 1. The van der Waals surface area contributed by atoms with Crippen LogP contribution in [0.15, 0.2) is 89.1 Å². The monoisotopic (exact) mass is 512 g/mol. The van der Waals surface area contributed by atoms with Crippen molar-refractivity contribution in [2.75, 3.05) is 24.7 Å². The van der Waals surface area contributed by atoms with E-state index in [4.69, 9.17) is 0 Å². The highest BCUT2D eigenvalue weighted by molar-refractivity contribution is 7.99. The predicted molar refractivity (Wildman–Crippen MR) is 153 cm³/mol. The Labute approximate surface area is 222 Å². The molecule has 1 aromatic heterocycles. The normalized spacial score (nSPS) is 11.6. The van der Waals surface area contributed by atoms with Crippen LogP contribution < -0.4 is 10.3 Å². The van der Waals surface area contributed by atoms with Crippen molar-refractivity contribution in [2.24, 2.45) is 5.10 Å². The summed E-state index contributed by atoms with van der Waals surface area (Å²) in [5.41, 5.74) is 7.83. The summed E-state index contributed by atoms with van der Waals surface area (Å²) < 4.78 is 1.99. The lowest BCUT2D eigenvalue weighted by molar-refractivity contribution is -0.118. The van der Waals surface area contributed by atoms with Crippen molar-refractivity contribution < 1.29 is 4.79 Å². The van der Waals surface area contributed by atoms with E-state index in [9.17, 15) is 4.79 Å². The summed E-state index contributed by atoms with van der Waals surface area (Å²) in [4.78, 5) is 14.5. The molecule has 190 valence electrons. The first kappa shape index (κ1) is 26.2. The molecule has 0 radical (unpaired) electrons. The summed E-state index contributed by atoms with van der Waals surface area (Å²) in [6, 6.07) is 26.3. The van der Waals surface area contributed by atoms with Gasteiger partial charge < -0.3 is 4.90 Å². The molecule has 0 saturated carbocycles. The van der Waals surface area contributed by atoms with Crippen LogP contribution in [0.25, 0.3) is 17.1 Å². The van der Waals surface area contributed by atoms with Crippen molar-refractivity contribution in [3.8, 4) is 17.1 Å². The highest BCUT2D eigenvalue weighted by atomic mass is 32.2. The van der Waals surface area contributed by atoms with E-state index in [1.54, 1.807) is 6.21 Å². The Balaban J connectivity index is 1.48. The molecule has 3 aromatic carbocycles. The predicted octanol–water partition coefficient (Wildman–Crippen LogP) is 5.54. The minimum Gasteiger partial charge on any atom is -0.378 e. The molecule has 0 unspecified atom stereocenters. The molecular weight excluding hydrogens is 480 g/mol. The minimum absolute atomic E-state index is 0.0676. The molecule has 1 N–H and O–H groups in total. The number of hydrogen-bond acceptors (Lipinski definition) is 6. The first-order chi connectivity index (χ1) is 17.7. The molecule has 4 rings (SSSR count). The second kappa shape index (κ2) is 11.4. The number of anilines is 1. The van der Waals surface area contributed by atoms with Crippen LogP contribution in [0.4, 0.5) is 5.69 Å². The SMILES string of the molecule is CN(C)c1ccc(C=NNC(=O)CSc2nnc(-c3ccc(C(C)(C)C)cc3)n2-c2ccccc2)cc1. The smallest absolute Gasteiger partial charge is 0.250 e. The molecule has 0 aliphatic carbocycles. The fraction of sp³-hybridized carbons (Fsp3) is 0.241. The topological polar surface area (TPSA) is 75.4 Å². The van der Waals surface area contributed by atoms with Crippen LogP contribution in [0.2, 0.25) is 0 Å². The van der Waals surface area contributed by atoms with E-state index in [1.807, 2.05) is 78.2 Å². The zero-order valence-electron chi connectivity index (χ0n) is 21.8. The van der Waals surface area contributed by atoms with Gasteiger partial charge in [0.2, 0.25) is 0 Å². The van der Waals surface area contributed by atoms with Crippen molar-refractivity contribution in [1.82, 2.24) is 20.2 Å². The highest BCUT2D eigenvalue weighted by Gasteiger charge is 2.19. The van der Waals surface area contributed by atoms with Gasteiger partial charge in [-0.3, -0.25) is 9.36 Å². The molecule has 0 aliphatic heterocycles. The quantitative estimate of drug-likeness (QED) is 0.191. The van der Waals surface area contributed by atoms with Crippen LogP contribution in [0.5, 0.6) is 0 Å². The summed E-state index contributed by atoms with van der Waals surface area (Å²) in [6.07, 6.45) is 1.63. The number of para-hydroxylation sites is 1. The number of thioether (sulfide) groups is 1. The summed E-state index contributed by atoms with van der Waals surface area (Å²) in [7, 11) is 3.98. The zero-order valence-corrected chi connectivity index (χ0v) is 22.7. The molecule has 0 fully saturated rings. The lowest BCUT2D eigenvalue weighted by Gasteiger charge is -2.19. The number of hydrazone groups is 1. The van der Waals surface area contributed by atoms with E-state index in [2.05, 4.69) is 65.8 Å². The van der Waals surface area contributed by atoms with Gasteiger partial charge in [0.1, 0.15) is 0 Å². The molecule has 4 aromatic rings. The maximum atomic E-state index is 12.5. The average molecular weight is 513 g/mol. The third-order valence-electron chi connectivity index (χ3n) is 5.80. The molecule has 0 aliphatic rings. The second-order valence-corrected chi connectivity index (χ2v) is 10.8. The molecule has 0 saturated heterocycles. The van der Waals surface area contributed by atoms with Crippen LogP contribution in [0, 0.1) is 0 Å². The third-order valence-corrected chi connectivity index (χ3v) is 6.73. The number of nitrogens with zero attached hydrogens (tertiary/aromatic N) is 5. The van der Waals surface area contributed by atoms with Crippen LogP contribution in [-0.2, 0) is 10.2 Å². The van der Waals surface area contributed by atoms with Gasteiger partial charge in [0.25, 0.3) is 5.91 Å². The number of amides is 1. The summed E-state index contributed by atoms with van der Waals surface area (Å²) >= 11 is 1.32. The number of carbonyl (C=O) groups is 1. The Morgan fingerprint density at radius 2 is 1.65 bits per heavy atom. The van der Waals surface area contributed by atoms with E-state index >= 15 is 0 Å². The Morgan fingerprint density at radius 1 is 0.973 bits per heavy atom. The van der Waals surface area contributed by atoms with Gasteiger partial charge in [-0.1, -0.05) is 87.1 Å². The van der Waals surface area contributed by atoms with E-state index < -0.39 is 0 Å². The first-order valence-electron chi connectivity index (χ1n) is 12.1. The van der Waals surface area contributed by atoms with Crippen LogP contribution in [-0.4, -0.2) is 46.7 Å². The van der Waals surface area contributed by atoms with Gasteiger partial charge in [-0.2, -0.15) is 5.10 Å². The summed E-state index contributed by atoms with van der Waals surface area (Å²) in [5.74, 6) is 0.670. The first-order valence-corrected chi connectivity index (χ1v) is 13.0. The number of benzene rings is 3. The Bertz CT molecular complexity index is 1350. The van der Waals surface area contributed by atoms with E-state index in [-0.39, 0.29) is 17.1 Å². The van der Waals surface area contributed by atoms with Gasteiger partial charge in [-0.25, -0.2) is 5.43 Å². The van der Waals surface area contributed by atoms with Crippen molar-refractivity contribution in [1.29, 1.82) is 0 Å².